The molecule has 0 radical (unpaired) electrons. The third-order valence-electron chi connectivity index (χ3n) is 1.77. The molecule has 0 aliphatic heterocycles. The summed E-state index contributed by atoms with van der Waals surface area (Å²) < 4.78 is 77.6. The van der Waals surface area contributed by atoms with Gasteiger partial charge in [0.2, 0.25) is 20.0 Å². The summed E-state index contributed by atoms with van der Waals surface area (Å²) in [5, 5.41) is 7.66. The maximum Gasteiger partial charge on any atom is 0.267 e. The second kappa shape index (κ2) is 6.43. The Morgan fingerprint density at radius 1 is 1.11 bits per heavy atom. The van der Waals surface area contributed by atoms with Gasteiger partial charge in [0.1, 0.15) is 11.1 Å². The van der Waals surface area contributed by atoms with Crippen molar-refractivity contribution in [2.75, 3.05) is 18.6 Å². The fourth-order valence-corrected chi connectivity index (χ4v) is 3.92. The average molecular weight is 340 g/mol. The van der Waals surface area contributed by atoms with Crippen molar-refractivity contribution < 1.29 is 34.9 Å². The van der Waals surface area contributed by atoms with E-state index in [1.165, 1.54) is 0 Å². The first-order valence-electron chi connectivity index (χ1n) is 4.82. The van der Waals surface area contributed by atoms with E-state index in [0.717, 1.165) is 13.2 Å². The van der Waals surface area contributed by atoms with Crippen LogP contribution in [0.1, 0.15) is 6.92 Å². The molecule has 0 saturated heterocycles. The van der Waals surface area contributed by atoms with E-state index in [-0.39, 0.29) is 0 Å². The molecule has 0 aliphatic rings. The van der Waals surface area contributed by atoms with Gasteiger partial charge in [-0.25, -0.2) is 21.6 Å². The molecule has 0 amide bonds. The van der Waals surface area contributed by atoms with Crippen LogP contribution in [-0.4, -0.2) is 64.9 Å². The van der Waals surface area contributed by atoms with Crippen molar-refractivity contribution in [1.29, 1.82) is 0 Å². The monoisotopic (exact) mass is 340 g/mol. The fourth-order valence-electron chi connectivity index (χ4n) is 1.00. The maximum atomic E-state index is 11.5. The summed E-state index contributed by atoms with van der Waals surface area (Å²) in [7, 11) is -12.3. The number of sulfonamides is 2. The molecule has 2 atom stereocenters. The highest BCUT2D eigenvalue weighted by atomic mass is 32.2. The molecule has 19 heavy (non-hydrogen) atoms. The molecule has 4 N–H and O–H groups in total. The lowest BCUT2D eigenvalue weighted by Crippen LogP contribution is -2.46. The zero-order chi connectivity index (χ0) is 15.5. The summed E-state index contributed by atoms with van der Waals surface area (Å²) in [4.78, 5) is 0. The number of rotatable bonds is 8. The lowest BCUT2D eigenvalue weighted by Gasteiger charge is -2.16. The summed E-state index contributed by atoms with van der Waals surface area (Å²) >= 11 is 0. The van der Waals surface area contributed by atoms with Gasteiger partial charge < -0.3 is 5.11 Å². The molecule has 0 fully saturated rings. The van der Waals surface area contributed by atoms with E-state index in [1.54, 1.807) is 4.72 Å². The van der Waals surface area contributed by atoms with Gasteiger partial charge >= 0.3 is 0 Å². The van der Waals surface area contributed by atoms with E-state index in [4.69, 9.17) is 9.66 Å². The fraction of sp³-hybridized carbons (Fsp3) is 1.00. The first-order chi connectivity index (χ1) is 8.23. The normalized spacial score (nSPS) is 17.1. The van der Waals surface area contributed by atoms with Crippen molar-refractivity contribution >= 4 is 30.2 Å². The van der Waals surface area contributed by atoms with Gasteiger partial charge in [0.05, 0.1) is 12.4 Å². The van der Waals surface area contributed by atoms with E-state index < -0.39 is 53.9 Å². The molecule has 2 unspecified atom stereocenters. The zero-order valence-electron chi connectivity index (χ0n) is 10.1. The smallest absolute Gasteiger partial charge is 0.267 e. The van der Waals surface area contributed by atoms with Crippen LogP contribution in [0.4, 0.5) is 0 Å². The molecule has 0 aliphatic carbocycles. The minimum Gasteiger partial charge on any atom is -0.391 e. The lowest BCUT2D eigenvalue weighted by molar-refractivity contribution is 0.198. The molecule has 0 aromatic carbocycles. The topological polar surface area (TPSA) is 167 Å². The van der Waals surface area contributed by atoms with Crippen LogP contribution < -0.4 is 9.44 Å². The van der Waals surface area contributed by atoms with Gasteiger partial charge in [-0.3, -0.25) is 4.55 Å². The van der Waals surface area contributed by atoms with Crippen molar-refractivity contribution in [1.82, 2.24) is 9.44 Å². The Morgan fingerprint density at radius 2 is 1.58 bits per heavy atom. The molecule has 0 aromatic heterocycles. The summed E-state index contributed by atoms with van der Waals surface area (Å²) in [6.07, 6.45) is -0.887. The second-order valence-electron chi connectivity index (χ2n) is 3.83. The van der Waals surface area contributed by atoms with Gasteiger partial charge in [-0.15, -0.1) is 0 Å². The lowest BCUT2D eigenvalue weighted by atomic mass is 10.4. The Balaban J connectivity index is 4.55. The highest BCUT2D eigenvalue weighted by Crippen LogP contribution is 1.97. The van der Waals surface area contributed by atoms with Crippen LogP contribution in [-0.2, 0) is 30.2 Å². The maximum absolute atomic E-state index is 11.5. The Labute approximate surface area is 112 Å². The molecular weight excluding hydrogens is 324 g/mol. The first-order valence-corrected chi connectivity index (χ1v) is 9.86. The van der Waals surface area contributed by atoms with E-state index >= 15 is 0 Å². The van der Waals surface area contributed by atoms with Gasteiger partial charge in [0.25, 0.3) is 10.1 Å². The summed E-state index contributed by atoms with van der Waals surface area (Å²) in [5.41, 5.74) is 0. The Hall–Kier alpha value is -0.310. The largest absolute Gasteiger partial charge is 0.391 e. The molecule has 0 saturated carbocycles. The van der Waals surface area contributed by atoms with Crippen LogP contribution in [0.2, 0.25) is 0 Å². The van der Waals surface area contributed by atoms with E-state index in [0.29, 0.717) is 0 Å². The molecule has 0 spiro atoms. The minimum atomic E-state index is -4.44. The van der Waals surface area contributed by atoms with Crippen molar-refractivity contribution in [3.8, 4) is 0 Å². The zero-order valence-corrected chi connectivity index (χ0v) is 12.6. The summed E-state index contributed by atoms with van der Waals surface area (Å²) in [6, 6.07) is 0. The Bertz CT molecular complexity index is 592. The number of aliphatic hydroxyl groups is 1. The average Bonchev–Trinajstić information content (AvgIpc) is 2.09. The summed E-state index contributed by atoms with van der Waals surface area (Å²) in [5.74, 6) is -1.04. The Kier molecular flexibility index (Phi) is 6.32. The number of hydrogen-bond donors (Lipinski definition) is 4. The molecule has 0 rings (SSSR count). The van der Waals surface area contributed by atoms with Gasteiger partial charge in [-0.2, -0.15) is 13.1 Å². The molecule has 0 aromatic rings. The van der Waals surface area contributed by atoms with E-state index in [1.807, 2.05) is 4.72 Å². The highest BCUT2D eigenvalue weighted by Gasteiger charge is 2.25. The van der Waals surface area contributed by atoms with Crippen LogP contribution in [0.5, 0.6) is 0 Å². The van der Waals surface area contributed by atoms with Crippen LogP contribution >= 0.6 is 0 Å². The van der Waals surface area contributed by atoms with Crippen molar-refractivity contribution in [2.24, 2.45) is 0 Å². The van der Waals surface area contributed by atoms with Crippen LogP contribution in [0, 0.1) is 0 Å². The predicted octanol–water partition coefficient (Wildman–Crippen LogP) is -2.95. The van der Waals surface area contributed by atoms with E-state index in [2.05, 4.69) is 0 Å². The highest BCUT2D eigenvalue weighted by molar-refractivity contribution is 7.93. The molecule has 0 heterocycles. The van der Waals surface area contributed by atoms with Gasteiger partial charge in [-0.1, -0.05) is 0 Å². The summed E-state index contributed by atoms with van der Waals surface area (Å²) in [6.45, 7) is 0.371. The SMILES string of the molecule is CC(NS(C)(=O)=O)S(=O)(=O)NCC(O)CS(=O)(=O)O. The quantitative estimate of drug-likeness (QED) is 0.340. The predicted molar refractivity (Wildman–Crippen MR) is 66.8 cm³/mol. The van der Waals surface area contributed by atoms with Gasteiger partial charge in [0, 0.05) is 6.54 Å². The Morgan fingerprint density at radius 3 is 1.95 bits per heavy atom. The van der Waals surface area contributed by atoms with Gasteiger partial charge in [0.15, 0.2) is 0 Å². The second-order valence-corrected chi connectivity index (χ2v) is 9.19. The third kappa shape index (κ3) is 9.26. The van der Waals surface area contributed by atoms with E-state index in [9.17, 15) is 25.3 Å². The van der Waals surface area contributed by atoms with Crippen LogP contribution in [0.3, 0.4) is 0 Å². The third-order valence-corrected chi connectivity index (χ3v) is 5.12. The first kappa shape index (κ1) is 18.7. The number of aliphatic hydroxyl groups excluding tert-OH is 1. The van der Waals surface area contributed by atoms with Crippen molar-refractivity contribution in [3.63, 3.8) is 0 Å². The molecule has 13 heteroatoms. The van der Waals surface area contributed by atoms with Crippen molar-refractivity contribution in [3.05, 3.63) is 0 Å². The minimum absolute atomic E-state index is 0.683. The van der Waals surface area contributed by atoms with Crippen molar-refractivity contribution in [2.45, 2.75) is 18.4 Å². The molecule has 116 valence electrons. The molecule has 0 bridgehead atoms. The number of hydrogen-bond acceptors (Lipinski definition) is 7. The van der Waals surface area contributed by atoms with Crippen LogP contribution in [0.15, 0.2) is 0 Å². The molecule has 10 nitrogen and oxygen atoms in total. The van der Waals surface area contributed by atoms with Crippen LogP contribution in [0.25, 0.3) is 0 Å². The van der Waals surface area contributed by atoms with Gasteiger partial charge in [-0.05, 0) is 6.92 Å². The molecular formula is C6H16N2O8S3. The standard InChI is InChI=1S/C6H16N2O8S3/c1-5(8-17(2,10)11)19(15,16)7-3-6(9)4-18(12,13)14/h5-9H,3-4H2,1-2H3,(H,12,13,14). The number of nitrogens with one attached hydrogen (secondary N) is 2.